The third kappa shape index (κ3) is 3.90. The van der Waals surface area contributed by atoms with Gasteiger partial charge in [-0.1, -0.05) is 6.07 Å². The maximum Gasteiger partial charge on any atom is 0.244 e. The van der Waals surface area contributed by atoms with Crippen molar-refractivity contribution in [3.63, 3.8) is 0 Å². The molecule has 1 saturated heterocycles. The predicted molar refractivity (Wildman–Crippen MR) is 89.5 cm³/mol. The Hall–Kier alpha value is -1.89. The summed E-state index contributed by atoms with van der Waals surface area (Å²) in [6, 6.07) is 7.37. The molecular weight excluding hydrogens is 318 g/mol. The number of hydrogen-bond donors (Lipinski definition) is 2. The monoisotopic (exact) mass is 337 g/mol. The Bertz CT molecular complexity index is 681. The highest BCUT2D eigenvalue weighted by molar-refractivity contribution is 5.98. The zero-order chi connectivity index (χ0) is 15.6. The summed E-state index contributed by atoms with van der Waals surface area (Å²) in [6.45, 7) is 2.87. The molecule has 0 saturated carbocycles. The molecule has 1 aliphatic rings. The number of amides is 1. The summed E-state index contributed by atoms with van der Waals surface area (Å²) in [6.07, 6.45) is 2.71. The van der Waals surface area contributed by atoms with Gasteiger partial charge in [-0.2, -0.15) is 0 Å². The van der Waals surface area contributed by atoms with Crippen molar-refractivity contribution in [2.24, 2.45) is 5.73 Å². The summed E-state index contributed by atoms with van der Waals surface area (Å²) in [5, 5.41) is 2.88. The molecule has 1 aliphatic heterocycles. The molecule has 23 heavy (non-hydrogen) atoms. The lowest BCUT2D eigenvalue weighted by Crippen LogP contribution is -2.54. The van der Waals surface area contributed by atoms with Crippen molar-refractivity contribution in [2.45, 2.75) is 25.3 Å². The van der Waals surface area contributed by atoms with Crippen LogP contribution in [0.1, 0.15) is 18.6 Å². The Kier molecular flexibility index (Phi) is 5.41. The van der Waals surface area contributed by atoms with Gasteiger partial charge in [0.1, 0.15) is 11.3 Å². The van der Waals surface area contributed by atoms with Crippen LogP contribution in [-0.2, 0) is 9.53 Å². The average Bonchev–Trinajstić information content (AvgIpc) is 2.95. The van der Waals surface area contributed by atoms with E-state index in [1.807, 2.05) is 31.2 Å². The molecule has 0 atom stereocenters. The van der Waals surface area contributed by atoms with Gasteiger partial charge in [0.05, 0.1) is 6.20 Å². The Morgan fingerprint density at radius 2 is 2.09 bits per heavy atom. The van der Waals surface area contributed by atoms with Crippen molar-refractivity contribution in [3.8, 4) is 11.5 Å². The van der Waals surface area contributed by atoms with Gasteiger partial charge in [-0.25, -0.2) is 4.98 Å². The summed E-state index contributed by atoms with van der Waals surface area (Å²) in [5.41, 5.74) is 6.80. The minimum Gasteiger partial charge on any atom is -0.441 e. The second-order valence-electron chi connectivity index (χ2n) is 5.58. The fourth-order valence-corrected chi connectivity index (χ4v) is 2.44. The second-order valence-corrected chi connectivity index (χ2v) is 5.58. The zero-order valence-electron chi connectivity index (χ0n) is 12.9. The molecule has 0 radical (unpaired) electrons. The molecule has 1 fully saturated rings. The van der Waals surface area contributed by atoms with Crippen molar-refractivity contribution < 1.29 is 13.9 Å². The first-order chi connectivity index (χ1) is 10.6. The summed E-state index contributed by atoms with van der Waals surface area (Å²) in [5.74, 6) is 1.09. The van der Waals surface area contributed by atoms with E-state index in [2.05, 4.69) is 10.3 Å². The van der Waals surface area contributed by atoms with Crippen molar-refractivity contribution >= 4 is 24.0 Å². The van der Waals surface area contributed by atoms with Gasteiger partial charge in [0.25, 0.3) is 0 Å². The Morgan fingerprint density at radius 1 is 1.35 bits per heavy atom. The van der Waals surface area contributed by atoms with E-state index >= 15 is 0 Å². The third-order valence-electron chi connectivity index (χ3n) is 3.83. The number of carbonyl (C=O) groups is 1. The lowest BCUT2D eigenvalue weighted by molar-refractivity contribution is -0.124. The number of benzene rings is 1. The van der Waals surface area contributed by atoms with Gasteiger partial charge in [-0.05, 0) is 38.0 Å². The van der Waals surface area contributed by atoms with Crippen LogP contribution in [0.2, 0.25) is 0 Å². The van der Waals surface area contributed by atoms with E-state index in [1.165, 1.54) is 0 Å². The maximum atomic E-state index is 12.4. The number of oxazole rings is 1. The van der Waals surface area contributed by atoms with Crippen molar-refractivity contribution in [1.82, 2.24) is 4.98 Å². The fraction of sp³-hybridized carbons (Fsp3) is 0.375. The van der Waals surface area contributed by atoms with Crippen LogP contribution in [-0.4, -0.2) is 29.6 Å². The van der Waals surface area contributed by atoms with Crippen molar-refractivity contribution in [1.29, 1.82) is 0 Å². The second kappa shape index (κ2) is 7.12. The molecule has 3 N–H and O–H groups in total. The lowest BCUT2D eigenvalue weighted by Gasteiger charge is -2.31. The summed E-state index contributed by atoms with van der Waals surface area (Å²) in [4.78, 5) is 16.6. The highest BCUT2D eigenvalue weighted by atomic mass is 35.5. The number of rotatable bonds is 3. The molecule has 2 heterocycles. The molecule has 0 spiro atoms. The van der Waals surface area contributed by atoms with Gasteiger partial charge >= 0.3 is 0 Å². The summed E-state index contributed by atoms with van der Waals surface area (Å²) >= 11 is 0. The van der Waals surface area contributed by atoms with Gasteiger partial charge in [0.2, 0.25) is 11.8 Å². The van der Waals surface area contributed by atoms with E-state index in [1.54, 1.807) is 6.20 Å². The van der Waals surface area contributed by atoms with Gasteiger partial charge in [-0.15, -0.1) is 12.4 Å². The third-order valence-corrected chi connectivity index (χ3v) is 3.83. The van der Waals surface area contributed by atoms with Crippen LogP contribution in [0.5, 0.6) is 0 Å². The number of halogens is 1. The van der Waals surface area contributed by atoms with E-state index in [-0.39, 0.29) is 18.3 Å². The van der Waals surface area contributed by atoms with E-state index in [9.17, 15) is 4.79 Å². The van der Waals surface area contributed by atoms with Crippen LogP contribution < -0.4 is 11.1 Å². The average molecular weight is 338 g/mol. The number of hydrogen-bond acceptors (Lipinski definition) is 5. The van der Waals surface area contributed by atoms with Crippen LogP contribution in [0.4, 0.5) is 5.69 Å². The number of nitrogens with one attached hydrogen (secondary N) is 1. The number of carbonyl (C=O) groups excluding carboxylic acids is 1. The van der Waals surface area contributed by atoms with Crippen LogP contribution in [0.25, 0.3) is 11.5 Å². The first-order valence-electron chi connectivity index (χ1n) is 7.28. The minimum atomic E-state index is -0.867. The molecule has 0 aliphatic carbocycles. The fourth-order valence-electron chi connectivity index (χ4n) is 2.44. The predicted octanol–water partition coefficient (Wildman–Crippen LogP) is 2.52. The van der Waals surface area contributed by atoms with E-state index in [4.69, 9.17) is 14.9 Å². The molecular formula is C16H20ClN3O3. The Balaban J connectivity index is 0.00000192. The van der Waals surface area contributed by atoms with Gasteiger partial charge in [0.15, 0.2) is 0 Å². The van der Waals surface area contributed by atoms with E-state index in [0.29, 0.717) is 37.6 Å². The molecule has 0 unspecified atom stereocenters. The molecule has 1 aromatic carbocycles. The molecule has 1 aromatic heterocycles. The lowest BCUT2D eigenvalue weighted by atomic mass is 9.90. The number of ether oxygens (including phenoxy) is 1. The van der Waals surface area contributed by atoms with Crippen LogP contribution in [0.3, 0.4) is 0 Å². The largest absolute Gasteiger partial charge is 0.441 e. The molecule has 0 bridgehead atoms. The molecule has 6 nitrogen and oxygen atoms in total. The van der Waals surface area contributed by atoms with Crippen LogP contribution >= 0.6 is 12.4 Å². The number of nitrogens with zero attached hydrogens (tertiary/aromatic N) is 1. The standard InChI is InChI=1S/C16H19N3O3.ClH/c1-11-10-18-14(22-11)12-3-2-4-13(9-12)19-15(20)16(17)5-7-21-8-6-16;/h2-4,9-10H,5-8,17H2,1H3,(H,19,20);1H. The smallest absolute Gasteiger partial charge is 0.244 e. The molecule has 124 valence electrons. The number of nitrogens with two attached hydrogens (primary N) is 1. The number of anilines is 1. The molecule has 2 aromatic rings. The summed E-state index contributed by atoms with van der Waals surface area (Å²) in [7, 11) is 0. The van der Waals surface area contributed by atoms with E-state index < -0.39 is 5.54 Å². The Morgan fingerprint density at radius 3 is 2.74 bits per heavy atom. The topological polar surface area (TPSA) is 90.4 Å². The first kappa shape index (κ1) is 17.5. The molecule has 3 rings (SSSR count). The van der Waals surface area contributed by atoms with Gasteiger partial charge < -0.3 is 20.2 Å². The number of aromatic nitrogens is 1. The minimum absolute atomic E-state index is 0. The van der Waals surface area contributed by atoms with Crippen molar-refractivity contribution in [3.05, 3.63) is 36.2 Å². The van der Waals surface area contributed by atoms with Crippen LogP contribution in [0, 0.1) is 6.92 Å². The quantitative estimate of drug-likeness (QED) is 0.898. The Labute approximate surface area is 140 Å². The molecule has 1 amide bonds. The highest BCUT2D eigenvalue weighted by Gasteiger charge is 2.35. The zero-order valence-corrected chi connectivity index (χ0v) is 13.7. The number of aryl methyl sites for hydroxylation is 1. The SMILES string of the molecule is Cc1cnc(-c2cccc(NC(=O)C3(N)CCOCC3)c2)o1.Cl. The maximum absolute atomic E-state index is 12.4. The van der Waals surface area contributed by atoms with Gasteiger partial charge in [0, 0.05) is 24.5 Å². The molecule has 7 heteroatoms. The van der Waals surface area contributed by atoms with Crippen LogP contribution in [0.15, 0.2) is 34.9 Å². The van der Waals surface area contributed by atoms with Crippen molar-refractivity contribution in [2.75, 3.05) is 18.5 Å². The highest BCUT2D eigenvalue weighted by Crippen LogP contribution is 2.24. The normalized spacial score (nSPS) is 16.4. The first-order valence-corrected chi connectivity index (χ1v) is 7.28. The van der Waals surface area contributed by atoms with E-state index in [0.717, 1.165) is 11.3 Å². The summed E-state index contributed by atoms with van der Waals surface area (Å²) < 4.78 is 10.8. The van der Waals surface area contributed by atoms with Gasteiger partial charge in [-0.3, -0.25) is 4.79 Å².